The summed E-state index contributed by atoms with van der Waals surface area (Å²) < 4.78 is 69.5. The quantitative estimate of drug-likeness (QED) is 0.297. The summed E-state index contributed by atoms with van der Waals surface area (Å²) in [6, 6.07) is 16.8. The third-order valence-electron chi connectivity index (χ3n) is 6.08. The molecule has 0 radical (unpaired) electrons. The lowest BCUT2D eigenvalue weighted by molar-refractivity contribution is -0.111. The van der Waals surface area contributed by atoms with E-state index in [2.05, 4.69) is 0 Å². The van der Waals surface area contributed by atoms with Crippen LogP contribution in [0.3, 0.4) is 0 Å². The summed E-state index contributed by atoms with van der Waals surface area (Å²) in [7, 11) is -5.15. The standard InChI is InChI=1S/C26H22F2O8S/c27-26(28)21(36-20(14-29)25(26)32)13-15-11-18(22(30)16-7-3-1-4-8-16)24(37(33,34)35)19(12-15)23(31)17-9-5-2-6-10-17/h1-12,20-21,25,29,32H,13-14H2,(H,33,34,35)/t20-,21?,25-/m1/s1. The van der Waals surface area contributed by atoms with Crippen molar-refractivity contribution < 1.29 is 46.3 Å². The zero-order valence-corrected chi connectivity index (χ0v) is 19.9. The van der Waals surface area contributed by atoms with Gasteiger partial charge in [0.1, 0.15) is 23.2 Å². The molecule has 8 nitrogen and oxygen atoms in total. The minimum atomic E-state index is -5.15. The Morgan fingerprint density at radius 2 is 1.35 bits per heavy atom. The third kappa shape index (κ3) is 5.22. The van der Waals surface area contributed by atoms with Crippen molar-refractivity contribution in [3.05, 3.63) is 101 Å². The zero-order valence-electron chi connectivity index (χ0n) is 19.1. The fourth-order valence-electron chi connectivity index (χ4n) is 4.27. The molecule has 1 aliphatic heterocycles. The normalized spacial score (nSPS) is 21.1. The molecule has 4 rings (SSSR count). The van der Waals surface area contributed by atoms with Crippen molar-refractivity contribution in [2.45, 2.75) is 35.6 Å². The molecule has 11 heteroatoms. The molecule has 1 fully saturated rings. The Morgan fingerprint density at radius 1 is 0.892 bits per heavy atom. The number of hydrogen-bond donors (Lipinski definition) is 3. The lowest BCUT2D eigenvalue weighted by Crippen LogP contribution is -2.41. The lowest BCUT2D eigenvalue weighted by Gasteiger charge is -2.21. The average molecular weight is 533 g/mol. The molecule has 0 spiro atoms. The van der Waals surface area contributed by atoms with Crippen molar-refractivity contribution in [2.75, 3.05) is 6.61 Å². The second-order valence-electron chi connectivity index (χ2n) is 8.55. The van der Waals surface area contributed by atoms with E-state index in [9.17, 15) is 41.6 Å². The number of ether oxygens (including phenoxy) is 1. The minimum Gasteiger partial charge on any atom is -0.394 e. The molecule has 0 saturated carbocycles. The Bertz CT molecular complexity index is 1350. The summed E-state index contributed by atoms with van der Waals surface area (Å²) in [6.45, 7) is -0.871. The van der Waals surface area contributed by atoms with Crippen LogP contribution in [-0.2, 0) is 21.3 Å². The molecule has 1 saturated heterocycles. The molecule has 3 aromatic rings. The fourth-order valence-corrected chi connectivity index (χ4v) is 5.13. The Labute approximate surface area is 210 Å². The first-order chi connectivity index (χ1) is 17.4. The zero-order chi connectivity index (χ0) is 27.0. The Balaban J connectivity index is 1.92. The van der Waals surface area contributed by atoms with Gasteiger partial charge in [-0.05, 0) is 17.7 Å². The summed E-state index contributed by atoms with van der Waals surface area (Å²) in [4.78, 5) is 25.8. The van der Waals surface area contributed by atoms with Crippen LogP contribution in [-0.4, -0.2) is 65.6 Å². The number of rotatable bonds is 8. The van der Waals surface area contributed by atoms with Crippen molar-refractivity contribution in [1.29, 1.82) is 0 Å². The van der Waals surface area contributed by atoms with Crippen LogP contribution in [0.1, 0.15) is 37.4 Å². The first-order valence-electron chi connectivity index (χ1n) is 11.1. The van der Waals surface area contributed by atoms with Gasteiger partial charge < -0.3 is 14.9 Å². The van der Waals surface area contributed by atoms with Crippen molar-refractivity contribution in [2.24, 2.45) is 0 Å². The Kier molecular flexibility index (Phi) is 7.36. The highest BCUT2D eigenvalue weighted by molar-refractivity contribution is 7.86. The van der Waals surface area contributed by atoms with Gasteiger partial charge in [-0.25, -0.2) is 8.78 Å². The van der Waals surface area contributed by atoms with Crippen molar-refractivity contribution in [1.82, 2.24) is 0 Å². The first-order valence-corrected chi connectivity index (χ1v) is 12.5. The number of hydrogen-bond acceptors (Lipinski definition) is 7. The maximum atomic E-state index is 14.7. The van der Waals surface area contributed by atoms with Gasteiger partial charge in [-0.2, -0.15) is 8.42 Å². The number of aliphatic hydroxyl groups is 2. The molecule has 0 aromatic heterocycles. The minimum absolute atomic E-state index is 0.0286. The van der Waals surface area contributed by atoms with E-state index in [1.165, 1.54) is 48.5 Å². The molecule has 1 unspecified atom stereocenters. The van der Waals surface area contributed by atoms with E-state index in [1.807, 2.05) is 0 Å². The summed E-state index contributed by atoms with van der Waals surface area (Å²) in [6.07, 6.45) is -6.45. The molecule has 194 valence electrons. The van der Waals surface area contributed by atoms with Gasteiger partial charge in [0.05, 0.1) is 6.61 Å². The number of benzene rings is 3. The van der Waals surface area contributed by atoms with Gasteiger partial charge in [-0.15, -0.1) is 0 Å². The van der Waals surface area contributed by atoms with Crippen LogP contribution >= 0.6 is 0 Å². The van der Waals surface area contributed by atoms with E-state index >= 15 is 0 Å². The molecule has 0 bridgehead atoms. The second-order valence-corrected chi connectivity index (χ2v) is 9.91. The number of carbonyl (C=O) groups excluding carboxylic acids is 2. The molecule has 1 heterocycles. The van der Waals surface area contributed by atoms with Gasteiger partial charge >= 0.3 is 5.92 Å². The molecular formula is C26H22F2O8S. The highest BCUT2D eigenvalue weighted by atomic mass is 32.2. The third-order valence-corrected chi connectivity index (χ3v) is 7.04. The monoisotopic (exact) mass is 532 g/mol. The predicted octanol–water partition coefficient (Wildman–Crippen LogP) is 2.69. The topological polar surface area (TPSA) is 138 Å². The van der Waals surface area contributed by atoms with Crippen LogP contribution in [0.2, 0.25) is 0 Å². The highest BCUT2D eigenvalue weighted by Gasteiger charge is 2.57. The summed E-state index contributed by atoms with van der Waals surface area (Å²) in [5, 5.41) is 19.1. The molecule has 37 heavy (non-hydrogen) atoms. The van der Waals surface area contributed by atoms with E-state index in [0.717, 1.165) is 12.1 Å². The maximum Gasteiger partial charge on any atom is 0.301 e. The Hall–Kier alpha value is -3.35. The highest BCUT2D eigenvalue weighted by Crippen LogP contribution is 2.38. The van der Waals surface area contributed by atoms with E-state index < -0.39 is 75.0 Å². The van der Waals surface area contributed by atoms with Gasteiger partial charge in [-0.1, -0.05) is 60.7 Å². The molecule has 3 aromatic carbocycles. The SMILES string of the molecule is O=C(c1ccccc1)c1cc(CC2O[C@H](CO)[C@@H](O)C2(F)F)cc(C(=O)c2ccccc2)c1S(=O)(=O)O. The molecule has 3 atom stereocenters. The van der Waals surface area contributed by atoms with Crippen LogP contribution in [0.25, 0.3) is 0 Å². The summed E-state index contributed by atoms with van der Waals surface area (Å²) in [5.74, 6) is -5.53. The predicted molar refractivity (Wildman–Crippen MR) is 126 cm³/mol. The smallest absolute Gasteiger partial charge is 0.301 e. The van der Waals surface area contributed by atoms with Crippen LogP contribution < -0.4 is 0 Å². The van der Waals surface area contributed by atoms with E-state index in [-0.39, 0.29) is 16.7 Å². The van der Waals surface area contributed by atoms with Gasteiger partial charge in [-0.3, -0.25) is 14.1 Å². The van der Waals surface area contributed by atoms with Crippen LogP contribution in [0.4, 0.5) is 8.78 Å². The van der Waals surface area contributed by atoms with E-state index in [1.54, 1.807) is 12.1 Å². The largest absolute Gasteiger partial charge is 0.394 e. The van der Waals surface area contributed by atoms with Gasteiger partial charge in [0.15, 0.2) is 11.6 Å². The molecule has 1 aliphatic rings. The van der Waals surface area contributed by atoms with E-state index in [0.29, 0.717) is 0 Å². The maximum absolute atomic E-state index is 14.7. The number of halogens is 2. The van der Waals surface area contributed by atoms with Crippen molar-refractivity contribution in [3.63, 3.8) is 0 Å². The summed E-state index contributed by atoms with van der Waals surface area (Å²) in [5.41, 5.74) is -1.21. The van der Waals surface area contributed by atoms with Gasteiger partial charge in [0, 0.05) is 28.7 Å². The van der Waals surface area contributed by atoms with E-state index in [4.69, 9.17) is 4.74 Å². The Morgan fingerprint density at radius 3 is 1.73 bits per heavy atom. The molecule has 0 amide bonds. The van der Waals surface area contributed by atoms with Crippen LogP contribution in [0.15, 0.2) is 77.7 Å². The summed E-state index contributed by atoms with van der Waals surface area (Å²) >= 11 is 0. The van der Waals surface area contributed by atoms with Gasteiger partial charge in [0.25, 0.3) is 10.1 Å². The number of aliphatic hydroxyl groups excluding tert-OH is 2. The molecule has 0 aliphatic carbocycles. The first kappa shape index (κ1) is 26.7. The second kappa shape index (κ2) is 10.2. The van der Waals surface area contributed by atoms with Crippen molar-refractivity contribution >= 4 is 21.7 Å². The molecular weight excluding hydrogens is 510 g/mol. The van der Waals surface area contributed by atoms with Crippen molar-refractivity contribution in [3.8, 4) is 0 Å². The number of carbonyl (C=O) groups is 2. The number of ketones is 2. The lowest BCUT2D eigenvalue weighted by atomic mass is 9.92. The molecule has 3 N–H and O–H groups in total. The fraction of sp³-hybridized carbons (Fsp3) is 0.231. The van der Waals surface area contributed by atoms with Crippen LogP contribution in [0.5, 0.6) is 0 Å². The van der Waals surface area contributed by atoms with Crippen LogP contribution in [0, 0.1) is 0 Å². The van der Waals surface area contributed by atoms with Gasteiger partial charge in [0.2, 0.25) is 0 Å². The average Bonchev–Trinajstić information content (AvgIpc) is 3.10. The number of alkyl halides is 2.